The number of hydrogen-bond acceptors (Lipinski definition) is 3. The van der Waals surface area contributed by atoms with E-state index >= 15 is 0 Å². The topological polar surface area (TPSA) is 59.8 Å². The van der Waals surface area contributed by atoms with Crippen LogP contribution in [0.2, 0.25) is 0 Å². The number of pyridine rings is 1. The molecule has 4 rings (SSSR count). The summed E-state index contributed by atoms with van der Waals surface area (Å²) in [5.74, 6) is 0.430. The van der Waals surface area contributed by atoms with Crippen molar-refractivity contribution in [3.05, 3.63) is 94.7 Å². The first-order valence-electron chi connectivity index (χ1n) is 8.78. The molecule has 0 bridgehead atoms. The highest BCUT2D eigenvalue weighted by Crippen LogP contribution is 2.18. The zero-order valence-corrected chi connectivity index (χ0v) is 16.5. The molecule has 0 radical (unpaired) electrons. The quantitative estimate of drug-likeness (QED) is 0.456. The van der Waals surface area contributed by atoms with Crippen molar-refractivity contribution in [1.29, 1.82) is 0 Å². The third-order valence-corrected chi connectivity index (χ3v) is 4.82. The summed E-state index contributed by atoms with van der Waals surface area (Å²) in [5.41, 5.74) is 2.87. The van der Waals surface area contributed by atoms with Crippen LogP contribution < -0.4 is 5.32 Å². The van der Waals surface area contributed by atoms with Crippen molar-refractivity contribution in [2.45, 2.75) is 6.54 Å². The van der Waals surface area contributed by atoms with Crippen LogP contribution in [0, 0.1) is 0 Å². The maximum absolute atomic E-state index is 12.4. The summed E-state index contributed by atoms with van der Waals surface area (Å²) in [6, 6.07) is 19.6. The third-order valence-electron chi connectivity index (χ3n) is 4.29. The lowest BCUT2D eigenvalue weighted by Crippen LogP contribution is -2.13. The number of rotatable bonds is 5. The maximum atomic E-state index is 12.4. The Kier molecular flexibility index (Phi) is 5.30. The van der Waals surface area contributed by atoms with Gasteiger partial charge in [-0.2, -0.15) is 5.10 Å². The van der Waals surface area contributed by atoms with Crippen LogP contribution in [0.1, 0.15) is 11.1 Å². The average Bonchev–Trinajstić information content (AvgIpc) is 3.14. The molecule has 0 saturated carbocycles. The van der Waals surface area contributed by atoms with Crippen LogP contribution in [-0.2, 0) is 11.3 Å². The molecule has 1 N–H and O–H groups in total. The van der Waals surface area contributed by atoms with Gasteiger partial charge in [-0.3, -0.25) is 9.78 Å². The number of fused-ring (bicyclic) bond motifs is 1. The number of carbonyl (C=O) groups is 1. The molecule has 28 heavy (non-hydrogen) atoms. The van der Waals surface area contributed by atoms with Crippen molar-refractivity contribution in [2.24, 2.45) is 0 Å². The van der Waals surface area contributed by atoms with Gasteiger partial charge in [-0.25, -0.2) is 4.68 Å². The highest BCUT2D eigenvalue weighted by molar-refractivity contribution is 9.10. The van der Waals surface area contributed by atoms with Gasteiger partial charge >= 0.3 is 0 Å². The first-order chi connectivity index (χ1) is 13.7. The molecule has 0 aliphatic rings. The standard InChI is InChI=1S/C22H17BrN4O/c23-19-9-6-16(7-10-19)15-27-20(12-14-25-27)26-21(28)11-8-18-4-1-3-17-5-2-13-24-22(17)18/h1-14H,15H2,(H,26,28)/b11-8+. The molecule has 0 spiro atoms. The Balaban J connectivity index is 1.48. The SMILES string of the molecule is O=C(/C=C/c1cccc2cccnc12)Nc1ccnn1Cc1ccc(Br)cc1. The molecule has 0 unspecified atom stereocenters. The molecule has 6 heteroatoms. The molecule has 0 aliphatic carbocycles. The van der Waals surface area contributed by atoms with Crippen molar-refractivity contribution >= 4 is 44.6 Å². The van der Waals surface area contributed by atoms with Crippen LogP contribution in [0.15, 0.2) is 83.6 Å². The number of hydrogen-bond donors (Lipinski definition) is 1. The Labute approximate surface area is 170 Å². The van der Waals surface area contributed by atoms with Gasteiger partial charge in [-0.15, -0.1) is 0 Å². The Morgan fingerprint density at radius 3 is 2.71 bits per heavy atom. The molecule has 1 amide bonds. The third kappa shape index (κ3) is 4.18. The fourth-order valence-corrected chi connectivity index (χ4v) is 3.19. The van der Waals surface area contributed by atoms with Gasteiger partial charge in [0, 0.05) is 33.8 Å². The second-order valence-corrected chi connectivity index (χ2v) is 7.16. The Hall–Kier alpha value is -3.25. The second-order valence-electron chi connectivity index (χ2n) is 6.25. The molecule has 0 aliphatic heterocycles. The Morgan fingerprint density at radius 1 is 1.04 bits per heavy atom. The minimum Gasteiger partial charge on any atom is -0.307 e. The number of nitrogens with zero attached hydrogens (tertiary/aromatic N) is 3. The van der Waals surface area contributed by atoms with Crippen LogP contribution in [0.25, 0.3) is 17.0 Å². The second kappa shape index (κ2) is 8.19. The summed E-state index contributed by atoms with van der Waals surface area (Å²) < 4.78 is 2.78. The van der Waals surface area contributed by atoms with Gasteiger partial charge in [0.1, 0.15) is 5.82 Å². The normalized spacial score (nSPS) is 11.2. The fourth-order valence-electron chi connectivity index (χ4n) is 2.92. The molecular weight excluding hydrogens is 416 g/mol. The molecule has 0 fully saturated rings. The molecule has 0 atom stereocenters. The van der Waals surface area contributed by atoms with E-state index in [1.54, 1.807) is 29.2 Å². The Morgan fingerprint density at radius 2 is 1.86 bits per heavy atom. The minimum atomic E-state index is -0.217. The molecule has 0 saturated heterocycles. The monoisotopic (exact) mass is 432 g/mol. The molecule has 5 nitrogen and oxygen atoms in total. The van der Waals surface area contributed by atoms with Crippen LogP contribution in [0.3, 0.4) is 0 Å². The van der Waals surface area contributed by atoms with Crippen LogP contribution >= 0.6 is 15.9 Å². The lowest BCUT2D eigenvalue weighted by atomic mass is 10.1. The molecule has 2 aromatic heterocycles. The number of benzene rings is 2. The van der Waals surface area contributed by atoms with Crippen LogP contribution in [-0.4, -0.2) is 20.7 Å². The lowest BCUT2D eigenvalue weighted by molar-refractivity contribution is -0.111. The van der Waals surface area contributed by atoms with Gasteiger partial charge in [0.15, 0.2) is 0 Å². The summed E-state index contributed by atoms with van der Waals surface area (Å²) >= 11 is 3.43. The Bertz CT molecular complexity index is 1140. The summed E-state index contributed by atoms with van der Waals surface area (Å²) in [6.45, 7) is 0.576. The predicted molar refractivity (Wildman–Crippen MR) is 115 cm³/mol. The highest BCUT2D eigenvalue weighted by Gasteiger charge is 2.06. The number of carbonyl (C=O) groups excluding carboxylic acids is 1. The largest absolute Gasteiger partial charge is 0.307 e. The van der Waals surface area contributed by atoms with Gasteiger partial charge in [0.05, 0.1) is 18.3 Å². The number of nitrogens with one attached hydrogen (secondary N) is 1. The van der Waals surface area contributed by atoms with E-state index in [2.05, 4.69) is 31.3 Å². The van der Waals surface area contributed by atoms with Crippen molar-refractivity contribution in [2.75, 3.05) is 5.32 Å². The van der Waals surface area contributed by atoms with Gasteiger partial charge in [0.2, 0.25) is 5.91 Å². The molecule has 4 aromatic rings. The number of halogens is 1. The highest BCUT2D eigenvalue weighted by atomic mass is 79.9. The van der Waals surface area contributed by atoms with Crippen molar-refractivity contribution < 1.29 is 4.79 Å². The molecule has 2 aromatic carbocycles. The van der Waals surface area contributed by atoms with E-state index in [0.29, 0.717) is 12.4 Å². The van der Waals surface area contributed by atoms with Crippen LogP contribution in [0.5, 0.6) is 0 Å². The molecule has 2 heterocycles. The number of anilines is 1. The van der Waals surface area contributed by atoms with Crippen LogP contribution in [0.4, 0.5) is 5.82 Å². The summed E-state index contributed by atoms with van der Waals surface area (Å²) in [6.07, 6.45) is 6.72. The van der Waals surface area contributed by atoms with Gasteiger partial charge in [0.25, 0.3) is 0 Å². The maximum Gasteiger partial charge on any atom is 0.249 e. The van der Waals surface area contributed by atoms with Crippen molar-refractivity contribution in [1.82, 2.24) is 14.8 Å². The zero-order chi connectivity index (χ0) is 19.3. The van der Waals surface area contributed by atoms with E-state index in [0.717, 1.165) is 26.5 Å². The first-order valence-corrected chi connectivity index (χ1v) is 9.57. The van der Waals surface area contributed by atoms with E-state index in [1.165, 1.54) is 6.08 Å². The van der Waals surface area contributed by atoms with Crippen molar-refractivity contribution in [3.63, 3.8) is 0 Å². The fraction of sp³-hybridized carbons (Fsp3) is 0.0455. The number of aromatic nitrogens is 3. The van der Waals surface area contributed by atoms with E-state index in [9.17, 15) is 4.79 Å². The van der Waals surface area contributed by atoms with Gasteiger partial charge in [-0.05, 0) is 29.8 Å². The lowest BCUT2D eigenvalue weighted by Gasteiger charge is -2.08. The van der Waals surface area contributed by atoms with Crippen molar-refractivity contribution in [3.8, 4) is 0 Å². The summed E-state index contributed by atoms with van der Waals surface area (Å²) in [5, 5.41) is 8.23. The van der Waals surface area contributed by atoms with E-state index in [1.807, 2.05) is 54.6 Å². The van der Waals surface area contributed by atoms with E-state index in [4.69, 9.17) is 0 Å². The molecule has 138 valence electrons. The first kappa shape index (κ1) is 18.1. The van der Waals surface area contributed by atoms with Gasteiger partial charge < -0.3 is 5.32 Å². The number of amides is 1. The minimum absolute atomic E-state index is 0.217. The van der Waals surface area contributed by atoms with Gasteiger partial charge in [-0.1, -0.05) is 52.3 Å². The number of para-hydroxylation sites is 1. The summed E-state index contributed by atoms with van der Waals surface area (Å²) in [7, 11) is 0. The zero-order valence-electron chi connectivity index (χ0n) is 14.9. The average molecular weight is 433 g/mol. The van der Waals surface area contributed by atoms with E-state index < -0.39 is 0 Å². The molecular formula is C22H17BrN4O. The smallest absolute Gasteiger partial charge is 0.249 e. The predicted octanol–water partition coefficient (Wildman–Crippen LogP) is 4.89. The summed E-state index contributed by atoms with van der Waals surface area (Å²) in [4.78, 5) is 16.8. The van der Waals surface area contributed by atoms with E-state index in [-0.39, 0.29) is 5.91 Å².